The number of hydrogen-bond acceptors (Lipinski definition) is 3. The fourth-order valence-corrected chi connectivity index (χ4v) is 0.891. The first-order chi connectivity index (χ1) is 5.27. The molecule has 5 nitrogen and oxygen atoms in total. The smallest absolute Gasteiger partial charge is 0.408 e. The van der Waals surface area contributed by atoms with E-state index in [0.29, 0.717) is 0 Å². The number of oxazole rings is 1. The van der Waals surface area contributed by atoms with Gasteiger partial charge in [0.1, 0.15) is 0 Å². The first kappa shape index (κ1) is 5.96. The number of rotatable bonds is 0. The SMILES string of the molecule is O=c1[nH]c2c(=O)[nH]ccc2o1. The third kappa shape index (κ3) is 0.778. The third-order valence-electron chi connectivity index (χ3n) is 1.35. The molecular formula is C6H4N2O3. The molecule has 0 aromatic carbocycles. The van der Waals surface area contributed by atoms with Gasteiger partial charge in [-0.15, -0.1) is 0 Å². The molecule has 0 fully saturated rings. The maximum atomic E-state index is 10.9. The van der Waals surface area contributed by atoms with Crippen LogP contribution in [0.25, 0.3) is 11.1 Å². The van der Waals surface area contributed by atoms with E-state index >= 15 is 0 Å². The van der Waals surface area contributed by atoms with Gasteiger partial charge in [0.05, 0.1) is 0 Å². The van der Waals surface area contributed by atoms with E-state index in [1.165, 1.54) is 12.3 Å². The van der Waals surface area contributed by atoms with E-state index in [1.54, 1.807) is 0 Å². The standard InChI is InChI=1S/C6H4N2O3/c9-5-4-3(1-2-7-5)11-6(10)8-4/h1-2H,(H,7,9)(H,8,10). The van der Waals surface area contributed by atoms with Gasteiger partial charge in [-0.1, -0.05) is 0 Å². The Labute approximate surface area is 59.7 Å². The van der Waals surface area contributed by atoms with E-state index in [4.69, 9.17) is 0 Å². The van der Waals surface area contributed by atoms with Crippen molar-refractivity contribution in [2.24, 2.45) is 0 Å². The molecule has 2 aromatic rings. The molecule has 0 saturated carbocycles. The average molecular weight is 152 g/mol. The minimum atomic E-state index is -0.614. The second kappa shape index (κ2) is 1.85. The lowest BCUT2D eigenvalue weighted by atomic mass is 10.4. The van der Waals surface area contributed by atoms with Crippen LogP contribution in [-0.2, 0) is 0 Å². The molecule has 0 aliphatic rings. The summed E-state index contributed by atoms with van der Waals surface area (Å²) >= 11 is 0. The van der Waals surface area contributed by atoms with Gasteiger partial charge in [-0.05, 0) is 6.07 Å². The summed E-state index contributed by atoms with van der Waals surface area (Å²) in [5.41, 5.74) is 0.101. The van der Waals surface area contributed by atoms with Crippen molar-refractivity contribution in [2.45, 2.75) is 0 Å². The Bertz CT molecular complexity index is 490. The maximum Gasteiger partial charge on any atom is 0.417 e. The maximum absolute atomic E-state index is 10.9. The highest BCUT2D eigenvalue weighted by molar-refractivity contribution is 5.69. The highest BCUT2D eigenvalue weighted by atomic mass is 16.4. The highest BCUT2D eigenvalue weighted by Crippen LogP contribution is 1.99. The van der Waals surface area contributed by atoms with Gasteiger partial charge in [-0.2, -0.15) is 0 Å². The van der Waals surface area contributed by atoms with Crippen LogP contribution in [0.3, 0.4) is 0 Å². The monoisotopic (exact) mass is 152 g/mol. The molecule has 0 saturated heterocycles. The van der Waals surface area contributed by atoms with Crippen LogP contribution in [0.5, 0.6) is 0 Å². The summed E-state index contributed by atoms with van der Waals surface area (Å²) in [6.45, 7) is 0. The molecule has 2 heterocycles. The molecular weight excluding hydrogens is 148 g/mol. The Kier molecular flexibility index (Phi) is 1.00. The lowest BCUT2D eigenvalue weighted by Gasteiger charge is -1.81. The number of fused-ring (bicyclic) bond motifs is 1. The lowest BCUT2D eigenvalue weighted by Crippen LogP contribution is -2.05. The Balaban J connectivity index is 3.14. The normalized spacial score (nSPS) is 10.5. The molecule has 0 radical (unpaired) electrons. The molecule has 0 spiro atoms. The van der Waals surface area contributed by atoms with Gasteiger partial charge in [0.25, 0.3) is 5.56 Å². The van der Waals surface area contributed by atoms with Gasteiger partial charge in [0, 0.05) is 6.20 Å². The molecule has 2 aromatic heterocycles. The first-order valence-electron chi connectivity index (χ1n) is 2.98. The highest BCUT2D eigenvalue weighted by Gasteiger charge is 2.01. The van der Waals surface area contributed by atoms with Crippen LogP contribution in [0.15, 0.2) is 26.3 Å². The first-order valence-corrected chi connectivity index (χ1v) is 2.98. The van der Waals surface area contributed by atoms with Crippen molar-refractivity contribution in [3.63, 3.8) is 0 Å². The summed E-state index contributed by atoms with van der Waals surface area (Å²) in [6, 6.07) is 1.51. The van der Waals surface area contributed by atoms with Crippen LogP contribution in [0.2, 0.25) is 0 Å². The molecule has 0 amide bonds. The van der Waals surface area contributed by atoms with Crippen LogP contribution >= 0.6 is 0 Å². The van der Waals surface area contributed by atoms with Crippen molar-refractivity contribution < 1.29 is 4.42 Å². The third-order valence-corrected chi connectivity index (χ3v) is 1.35. The molecule has 0 bridgehead atoms. The zero-order valence-electron chi connectivity index (χ0n) is 5.38. The summed E-state index contributed by atoms with van der Waals surface area (Å²) < 4.78 is 4.62. The number of nitrogens with one attached hydrogen (secondary N) is 2. The quantitative estimate of drug-likeness (QED) is 0.549. The molecule has 5 heteroatoms. The summed E-state index contributed by atoms with van der Waals surface area (Å²) in [4.78, 5) is 26.1. The van der Waals surface area contributed by atoms with Gasteiger partial charge < -0.3 is 9.40 Å². The van der Waals surface area contributed by atoms with E-state index < -0.39 is 5.76 Å². The fourth-order valence-electron chi connectivity index (χ4n) is 0.891. The van der Waals surface area contributed by atoms with Crippen molar-refractivity contribution in [3.8, 4) is 0 Å². The molecule has 56 valence electrons. The van der Waals surface area contributed by atoms with Gasteiger partial charge >= 0.3 is 5.76 Å². The number of H-pyrrole nitrogens is 2. The number of pyridine rings is 1. The van der Waals surface area contributed by atoms with Crippen molar-refractivity contribution in [3.05, 3.63) is 33.2 Å². The lowest BCUT2D eigenvalue weighted by molar-refractivity contribution is 0.555. The Hall–Kier alpha value is -1.78. The summed E-state index contributed by atoms with van der Waals surface area (Å²) in [6.07, 6.45) is 1.42. The number of hydrogen-bond donors (Lipinski definition) is 2. The molecule has 11 heavy (non-hydrogen) atoms. The zero-order chi connectivity index (χ0) is 7.84. The Morgan fingerprint density at radius 3 is 2.91 bits per heavy atom. The molecule has 2 N–H and O–H groups in total. The van der Waals surface area contributed by atoms with Crippen molar-refractivity contribution in [1.82, 2.24) is 9.97 Å². The van der Waals surface area contributed by atoms with Gasteiger partial charge in [0.15, 0.2) is 11.1 Å². The average Bonchev–Trinajstić information content (AvgIpc) is 2.31. The molecule has 0 unspecified atom stereocenters. The van der Waals surface area contributed by atoms with Crippen LogP contribution in [0.1, 0.15) is 0 Å². The van der Waals surface area contributed by atoms with E-state index in [1.807, 2.05) is 0 Å². The Morgan fingerprint density at radius 1 is 1.36 bits per heavy atom. The fraction of sp³-hybridized carbons (Fsp3) is 0. The van der Waals surface area contributed by atoms with Crippen LogP contribution < -0.4 is 11.3 Å². The zero-order valence-corrected chi connectivity index (χ0v) is 5.38. The van der Waals surface area contributed by atoms with Gasteiger partial charge in [0.2, 0.25) is 0 Å². The van der Waals surface area contributed by atoms with E-state index in [9.17, 15) is 9.59 Å². The van der Waals surface area contributed by atoms with E-state index in [-0.39, 0.29) is 16.7 Å². The number of aromatic amines is 2. The second-order valence-corrected chi connectivity index (χ2v) is 2.06. The molecule has 0 aliphatic carbocycles. The predicted molar refractivity (Wildman–Crippen MR) is 37.5 cm³/mol. The van der Waals surface area contributed by atoms with Gasteiger partial charge in [-0.3, -0.25) is 9.78 Å². The summed E-state index contributed by atoms with van der Waals surface area (Å²) in [5, 5.41) is 0. The van der Waals surface area contributed by atoms with E-state index in [2.05, 4.69) is 14.4 Å². The minimum Gasteiger partial charge on any atom is -0.408 e. The van der Waals surface area contributed by atoms with Crippen molar-refractivity contribution in [1.29, 1.82) is 0 Å². The predicted octanol–water partition coefficient (Wildman–Crippen LogP) is -0.191. The van der Waals surface area contributed by atoms with Crippen molar-refractivity contribution in [2.75, 3.05) is 0 Å². The van der Waals surface area contributed by atoms with E-state index in [0.717, 1.165) is 0 Å². The van der Waals surface area contributed by atoms with Crippen molar-refractivity contribution >= 4 is 11.1 Å². The molecule has 0 aliphatic heterocycles. The molecule has 0 atom stereocenters. The van der Waals surface area contributed by atoms with Crippen LogP contribution in [-0.4, -0.2) is 9.97 Å². The minimum absolute atomic E-state index is 0.178. The number of aromatic nitrogens is 2. The molecule has 2 rings (SSSR count). The second-order valence-electron chi connectivity index (χ2n) is 2.06. The summed E-state index contributed by atoms with van der Waals surface area (Å²) in [5.74, 6) is -0.614. The van der Waals surface area contributed by atoms with Crippen LogP contribution in [0, 0.1) is 0 Å². The Morgan fingerprint density at radius 2 is 2.18 bits per heavy atom. The summed E-state index contributed by atoms with van der Waals surface area (Å²) in [7, 11) is 0. The van der Waals surface area contributed by atoms with Crippen LogP contribution in [0.4, 0.5) is 0 Å². The largest absolute Gasteiger partial charge is 0.417 e. The van der Waals surface area contributed by atoms with Gasteiger partial charge in [-0.25, -0.2) is 4.79 Å². The topological polar surface area (TPSA) is 78.9 Å².